The minimum Gasteiger partial charge on any atom is -0.508 e. The predicted molar refractivity (Wildman–Crippen MR) is 213 cm³/mol. The molecule has 0 unspecified atom stereocenters. The molecule has 0 aromatic heterocycles. The Labute approximate surface area is 340 Å². The van der Waals surface area contributed by atoms with Gasteiger partial charge in [0.1, 0.15) is 42.0 Å². The number of aliphatic hydroxyl groups is 1. The van der Waals surface area contributed by atoms with E-state index in [-0.39, 0.29) is 68.4 Å². The third kappa shape index (κ3) is 19.5. The van der Waals surface area contributed by atoms with Crippen LogP contribution in [0, 0.1) is 5.92 Å². The van der Waals surface area contributed by atoms with E-state index in [1.54, 1.807) is 13.8 Å². The molecule has 1 aromatic carbocycles. The minimum atomic E-state index is -1.50. The number of carbonyl (C=O) groups excluding carboxylic acids is 7. The number of aromatic hydroxyl groups is 1. The average Bonchev–Trinajstić information content (AvgIpc) is 3.14. The summed E-state index contributed by atoms with van der Waals surface area (Å²) in [4.78, 5) is 106. The van der Waals surface area contributed by atoms with Crippen molar-refractivity contribution < 1.29 is 53.7 Å². The molecule has 7 atom stereocenters. The number of phenolic OH excluding ortho intramolecular Hbond substituents is 1. The summed E-state index contributed by atoms with van der Waals surface area (Å²) in [5.74, 6) is -8.00. The fourth-order valence-electron chi connectivity index (χ4n) is 5.13. The largest absolute Gasteiger partial charge is 0.508 e. The molecule has 1 rings (SSSR count). The lowest BCUT2D eigenvalue weighted by molar-refractivity contribution is -0.142. The van der Waals surface area contributed by atoms with Crippen LogP contribution < -0.4 is 54.8 Å². The van der Waals surface area contributed by atoms with Gasteiger partial charge in [-0.1, -0.05) is 26.0 Å². The maximum absolute atomic E-state index is 13.8. The number of rotatable bonds is 26. The number of benzene rings is 1. The van der Waals surface area contributed by atoms with Crippen molar-refractivity contribution in [1.82, 2.24) is 31.9 Å². The van der Waals surface area contributed by atoms with E-state index >= 15 is 0 Å². The van der Waals surface area contributed by atoms with E-state index in [4.69, 9.17) is 22.9 Å². The Balaban J connectivity index is 3.22. The number of hydrogen-bond donors (Lipinski definition) is 14. The van der Waals surface area contributed by atoms with Crippen molar-refractivity contribution in [3.05, 3.63) is 29.8 Å². The maximum atomic E-state index is 13.8. The molecule has 0 fully saturated rings. The number of aliphatic hydroxyl groups excluding tert-OH is 1. The first-order chi connectivity index (χ1) is 27.1. The van der Waals surface area contributed by atoms with Gasteiger partial charge in [-0.15, -0.1) is 0 Å². The Hall–Kier alpha value is -5.68. The summed E-state index contributed by atoms with van der Waals surface area (Å²) in [6.45, 7) is 4.22. The number of thiol groups is 1. The Morgan fingerprint density at radius 1 is 0.741 bits per heavy atom. The van der Waals surface area contributed by atoms with Crippen LogP contribution in [0.5, 0.6) is 5.75 Å². The van der Waals surface area contributed by atoms with E-state index in [1.807, 2.05) is 0 Å². The lowest BCUT2D eigenvalue weighted by atomic mass is 10.0. The molecule has 0 aliphatic rings. The van der Waals surface area contributed by atoms with Gasteiger partial charge in [0, 0.05) is 25.1 Å². The average molecular weight is 840 g/mol. The molecular weight excluding hydrogens is 783 g/mol. The number of aliphatic imine (C=N–C) groups is 1. The zero-order valence-electron chi connectivity index (χ0n) is 32.6. The van der Waals surface area contributed by atoms with Gasteiger partial charge in [0.2, 0.25) is 41.4 Å². The highest BCUT2D eigenvalue weighted by Crippen LogP contribution is 2.13. The van der Waals surface area contributed by atoms with E-state index in [9.17, 15) is 53.7 Å². The monoisotopic (exact) mass is 839 g/mol. The second kappa shape index (κ2) is 25.5. The number of primary amides is 1. The Morgan fingerprint density at radius 3 is 1.78 bits per heavy atom. The summed E-state index contributed by atoms with van der Waals surface area (Å²) in [6.07, 6.45) is -2.00. The van der Waals surface area contributed by atoms with Gasteiger partial charge in [0.25, 0.3) is 0 Å². The first-order valence-corrected chi connectivity index (χ1v) is 19.0. The van der Waals surface area contributed by atoms with Crippen molar-refractivity contribution in [3.8, 4) is 5.75 Å². The molecule has 0 aliphatic heterocycles. The van der Waals surface area contributed by atoms with Gasteiger partial charge in [-0.25, -0.2) is 4.79 Å². The fraction of sp³-hybridized carbons (Fsp3) is 0.571. The number of nitrogens with zero attached hydrogens (tertiary/aromatic N) is 1. The van der Waals surface area contributed by atoms with Crippen LogP contribution in [0.1, 0.15) is 58.4 Å². The molecule has 58 heavy (non-hydrogen) atoms. The second-order valence-corrected chi connectivity index (χ2v) is 14.2. The van der Waals surface area contributed by atoms with Crippen molar-refractivity contribution in [2.45, 2.75) is 102 Å². The second-order valence-electron chi connectivity index (χ2n) is 13.8. The lowest BCUT2D eigenvalue weighted by Crippen LogP contribution is -2.58. The van der Waals surface area contributed by atoms with Crippen LogP contribution in [-0.4, -0.2) is 130 Å². The van der Waals surface area contributed by atoms with Gasteiger partial charge >= 0.3 is 5.97 Å². The quantitative estimate of drug-likeness (QED) is 0.0181. The number of carboxylic acids is 1. The number of nitrogens with two attached hydrogens (primary N) is 4. The van der Waals surface area contributed by atoms with Crippen molar-refractivity contribution in [3.63, 3.8) is 0 Å². The summed E-state index contributed by atoms with van der Waals surface area (Å²) in [6, 6.07) is -2.55. The molecule has 7 amide bonds. The number of phenols is 1. The van der Waals surface area contributed by atoms with Crippen molar-refractivity contribution in [2.75, 3.05) is 18.8 Å². The molecule has 23 heteroatoms. The van der Waals surface area contributed by atoms with E-state index < -0.39 is 96.2 Å². The molecule has 0 spiro atoms. The van der Waals surface area contributed by atoms with Crippen LogP contribution >= 0.6 is 12.6 Å². The van der Waals surface area contributed by atoms with Gasteiger partial charge in [0.05, 0.1) is 12.6 Å². The Bertz CT molecular complexity index is 1610. The molecule has 0 saturated heterocycles. The topological polar surface area (TPSA) is 386 Å². The number of nitrogens with one attached hydrogen (secondary N) is 6. The molecule has 324 valence electrons. The smallest absolute Gasteiger partial charge is 0.326 e. The Morgan fingerprint density at radius 2 is 1.28 bits per heavy atom. The van der Waals surface area contributed by atoms with E-state index in [1.165, 1.54) is 31.2 Å². The zero-order valence-corrected chi connectivity index (χ0v) is 33.5. The first-order valence-electron chi connectivity index (χ1n) is 18.3. The van der Waals surface area contributed by atoms with Crippen LogP contribution in [0.4, 0.5) is 0 Å². The zero-order chi connectivity index (χ0) is 44.1. The molecule has 0 heterocycles. The Kier molecular flexibility index (Phi) is 22.2. The number of guanidine groups is 1. The van der Waals surface area contributed by atoms with E-state index in [2.05, 4.69) is 49.5 Å². The maximum Gasteiger partial charge on any atom is 0.326 e. The van der Waals surface area contributed by atoms with Crippen molar-refractivity contribution in [1.29, 1.82) is 0 Å². The highest BCUT2D eigenvalue weighted by Gasteiger charge is 2.32. The van der Waals surface area contributed by atoms with Gasteiger partial charge in [-0.05, 0) is 56.2 Å². The molecule has 17 N–H and O–H groups in total. The van der Waals surface area contributed by atoms with Crippen molar-refractivity contribution in [2.24, 2.45) is 33.8 Å². The summed E-state index contributed by atoms with van der Waals surface area (Å²) in [5.41, 5.74) is 22.2. The standard InChI is InChI=1S/C35H57N11O11S/c1-17(2)13-23(42-27(50)15-41-29(51)25(16-58)46-33(55)28(37)18(3)47)32(54)43-21(5-4-12-40-35(38)39)30(52)44-22(10-11-26(36)49)31(53)45-24(34(56)57)14-19-6-8-20(48)9-7-19/h6-9,17-18,21-25,28,47-48,58H,4-5,10-16,37H2,1-3H3,(H2,36,49)(H,41,51)(H,42,50)(H,43,54)(H,44,52)(H,45,53)(H,46,55)(H,56,57)(H4,38,39,40)/t18-,21+,22+,23+,24+,25+,28+/m1/s1. The highest BCUT2D eigenvalue weighted by atomic mass is 32.1. The lowest BCUT2D eigenvalue weighted by Gasteiger charge is -2.26. The third-order valence-corrected chi connectivity index (χ3v) is 8.67. The number of carboxylic acid groups (broad SMARTS) is 1. The predicted octanol–water partition coefficient (Wildman–Crippen LogP) is -4.44. The molecule has 0 bridgehead atoms. The number of aliphatic carboxylic acids is 1. The van der Waals surface area contributed by atoms with Gasteiger partial charge in [-0.3, -0.25) is 38.6 Å². The minimum absolute atomic E-state index is 0.0374. The normalized spacial score (nSPS) is 14.5. The van der Waals surface area contributed by atoms with E-state index in [0.29, 0.717) is 5.56 Å². The molecule has 0 radical (unpaired) electrons. The summed E-state index contributed by atoms with van der Waals surface area (Å²) in [5, 5.41) is 43.5. The van der Waals surface area contributed by atoms with Crippen LogP contribution in [0.2, 0.25) is 0 Å². The van der Waals surface area contributed by atoms with Crippen molar-refractivity contribution >= 4 is 65.9 Å². The van der Waals surface area contributed by atoms with Crippen LogP contribution in [0.15, 0.2) is 29.3 Å². The highest BCUT2D eigenvalue weighted by molar-refractivity contribution is 7.80. The SMILES string of the molecule is CC(C)C[C@H](NC(=O)CNC(=O)[C@H](CS)NC(=O)[C@@H](N)[C@@H](C)O)C(=O)N[C@@H](CCCN=C(N)N)C(=O)N[C@@H](CCC(N)=O)C(=O)N[C@@H](Cc1ccc(O)cc1)C(=O)O. The summed E-state index contributed by atoms with van der Waals surface area (Å²) in [7, 11) is 0. The fourth-order valence-corrected chi connectivity index (χ4v) is 5.39. The van der Waals surface area contributed by atoms with Gasteiger partial charge in [-0.2, -0.15) is 12.6 Å². The van der Waals surface area contributed by atoms with Crippen LogP contribution in [-0.2, 0) is 44.8 Å². The molecule has 0 saturated carbocycles. The molecule has 22 nitrogen and oxygen atoms in total. The van der Waals surface area contributed by atoms with Gasteiger partial charge < -0.3 is 70.2 Å². The van der Waals surface area contributed by atoms with Gasteiger partial charge in [0.15, 0.2) is 5.96 Å². The number of carbonyl (C=O) groups is 8. The van der Waals surface area contributed by atoms with Crippen LogP contribution in [0.3, 0.4) is 0 Å². The number of amides is 7. The third-order valence-electron chi connectivity index (χ3n) is 8.30. The summed E-state index contributed by atoms with van der Waals surface area (Å²) < 4.78 is 0. The molecule has 1 aromatic rings. The van der Waals surface area contributed by atoms with Crippen LogP contribution in [0.25, 0.3) is 0 Å². The molecular formula is C35H57N11O11S. The first kappa shape index (κ1) is 50.3. The molecule has 0 aliphatic carbocycles. The van der Waals surface area contributed by atoms with E-state index in [0.717, 1.165) is 0 Å². The summed E-state index contributed by atoms with van der Waals surface area (Å²) >= 11 is 4.04. The number of hydrogen-bond acceptors (Lipinski definition) is 13.